The molecule has 2 aromatic heterocycles. The Bertz CT molecular complexity index is 515. The van der Waals surface area contributed by atoms with Gasteiger partial charge in [-0.1, -0.05) is 11.6 Å². The number of halogens is 1. The molecule has 1 atom stereocenters. The lowest BCUT2D eigenvalue weighted by Crippen LogP contribution is -2.25. The lowest BCUT2D eigenvalue weighted by molar-refractivity contribution is 0.196. The first-order valence-electron chi connectivity index (χ1n) is 5.93. The highest BCUT2D eigenvalue weighted by Gasteiger charge is 2.14. The highest BCUT2D eigenvalue weighted by Crippen LogP contribution is 2.22. The number of rotatable bonds is 7. The van der Waals surface area contributed by atoms with Crippen LogP contribution in [0.4, 0.5) is 0 Å². The molecule has 1 N–H and O–H groups in total. The molecule has 0 aliphatic heterocycles. The Labute approximate surface area is 120 Å². The standard InChI is InChI=1S/C11H16ClN5OS/c1-8(13-5-6-18-2)11-14-15-16-17(11)7-9-3-4-10(12)19-9/h3-4,8,13H,5-7H2,1-2H3. The molecule has 2 rings (SSSR count). The summed E-state index contributed by atoms with van der Waals surface area (Å²) in [6.07, 6.45) is 0. The van der Waals surface area contributed by atoms with E-state index < -0.39 is 0 Å². The van der Waals surface area contributed by atoms with Crippen LogP contribution in [-0.2, 0) is 11.3 Å². The number of nitrogens with zero attached hydrogens (tertiary/aromatic N) is 4. The van der Waals surface area contributed by atoms with Crippen LogP contribution in [0.5, 0.6) is 0 Å². The molecule has 0 amide bonds. The summed E-state index contributed by atoms with van der Waals surface area (Å²) in [7, 11) is 1.68. The molecule has 2 heterocycles. The van der Waals surface area contributed by atoms with E-state index in [0.29, 0.717) is 13.2 Å². The summed E-state index contributed by atoms with van der Waals surface area (Å²) in [6.45, 7) is 4.08. The first-order valence-corrected chi connectivity index (χ1v) is 7.12. The number of methoxy groups -OCH3 is 1. The third-order valence-corrected chi connectivity index (χ3v) is 3.85. The molecular weight excluding hydrogens is 286 g/mol. The Morgan fingerprint density at radius 1 is 1.53 bits per heavy atom. The van der Waals surface area contributed by atoms with Crippen molar-refractivity contribution in [3.05, 3.63) is 27.2 Å². The minimum atomic E-state index is 0.0700. The van der Waals surface area contributed by atoms with E-state index in [4.69, 9.17) is 16.3 Å². The fraction of sp³-hybridized carbons (Fsp3) is 0.545. The van der Waals surface area contributed by atoms with Gasteiger partial charge in [0.05, 0.1) is 23.5 Å². The van der Waals surface area contributed by atoms with Crippen LogP contribution >= 0.6 is 22.9 Å². The third-order valence-electron chi connectivity index (χ3n) is 2.64. The van der Waals surface area contributed by atoms with E-state index in [1.807, 2.05) is 19.1 Å². The molecule has 0 aliphatic carbocycles. The van der Waals surface area contributed by atoms with Gasteiger partial charge in [0.1, 0.15) is 0 Å². The van der Waals surface area contributed by atoms with Gasteiger partial charge >= 0.3 is 0 Å². The van der Waals surface area contributed by atoms with Crippen molar-refractivity contribution in [2.75, 3.05) is 20.3 Å². The lowest BCUT2D eigenvalue weighted by atomic mass is 10.3. The second kappa shape index (κ2) is 6.95. The number of hydrogen-bond donors (Lipinski definition) is 1. The van der Waals surface area contributed by atoms with Crippen molar-refractivity contribution in [2.45, 2.75) is 19.5 Å². The van der Waals surface area contributed by atoms with Gasteiger partial charge in [-0.05, 0) is 29.5 Å². The number of nitrogens with one attached hydrogen (secondary N) is 1. The minimum absolute atomic E-state index is 0.0700. The molecule has 0 saturated carbocycles. The van der Waals surface area contributed by atoms with Crippen LogP contribution in [0.15, 0.2) is 12.1 Å². The zero-order valence-electron chi connectivity index (χ0n) is 10.8. The number of aromatic nitrogens is 4. The van der Waals surface area contributed by atoms with Crippen LogP contribution in [0.3, 0.4) is 0 Å². The Balaban J connectivity index is 2.00. The van der Waals surface area contributed by atoms with Crippen molar-refractivity contribution < 1.29 is 4.74 Å². The fourth-order valence-electron chi connectivity index (χ4n) is 1.69. The summed E-state index contributed by atoms with van der Waals surface area (Å²) in [4.78, 5) is 1.13. The van der Waals surface area contributed by atoms with Crippen LogP contribution in [0.25, 0.3) is 0 Å². The van der Waals surface area contributed by atoms with Crippen LogP contribution in [-0.4, -0.2) is 40.5 Å². The predicted molar refractivity (Wildman–Crippen MR) is 74.5 cm³/mol. The predicted octanol–water partition coefficient (Wildman–Crippen LogP) is 1.73. The third kappa shape index (κ3) is 3.97. The van der Waals surface area contributed by atoms with Crippen molar-refractivity contribution in [1.29, 1.82) is 0 Å². The molecule has 0 saturated heterocycles. The van der Waals surface area contributed by atoms with E-state index >= 15 is 0 Å². The molecule has 6 nitrogen and oxygen atoms in total. The van der Waals surface area contributed by atoms with E-state index in [1.54, 1.807) is 11.8 Å². The normalized spacial score (nSPS) is 12.8. The highest BCUT2D eigenvalue weighted by atomic mass is 35.5. The average molecular weight is 302 g/mol. The van der Waals surface area contributed by atoms with E-state index in [9.17, 15) is 0 Å². The number of tetrazole rings is 1. The van der Waals surface area contributed by atoms with Crippen molar-refractivity contribution in [3.63, 3.8) is 0 Å². The summed E-state index contributed by atoms with van der Waals surface area (Å²) >= 11 is 7.46. The lowest BCUT2D eigenvalue weighted by Gasteiger charge is -2.12. The van der Waals surface area contributed by atoms with Crippen LogP contribution in [0.2, 0.25) is 4.34 Å². The summed E-state index contributed by atoms with van der Waals surface area (Å²) in [6, 6.07) is 3.94. The molecule has 8 heteroatoms. The van der Waals surface area contributed by atoms with E-state index in [0.717, 1.165) is 21.6 Å². The maximum Gasteiger partial charge on any atom is 0.168 e. The van der Waals surface area contributed by atoms with E-state index in [1.165, 1.54) is 11.3 Å². The van der Waals surface area contributed by atoms with Crippen molar-refractivity contribution >= 4 is 22.9 Å². The van der Waals surface area contributed by atoms with Crippen LogP contribution in [0, 0.1) is 0 Å². The van der Waals surface area contributed by atoms with Gasteiger partial charge in [0.2, 0.25) is 0 Å². The zero-order valence-corrected chi connectivity index (χ0v) is 12.4. The second-order valence-corrected chi connectivity index (χ2v) is 5.87. The zero-order chi connectivity index (χ0) is 13.7. The van der Waals surface area contributed by atoms with Gasteiger partial charge in [-0.3, -0.25) is 0 Å². The van der Waals surface area contributed by atoms with Crippen LogP contribution < -0.4 is 5.32 Å². The molecule has 0 radical (unpaired) electrons. The molecule has 104 valence electrons. The van der Waals surface area contributed by atoms with Gasteiger partial charge in [-0.15, -0.1) is 16.4 Å². The maximum absolute atomic E-state index is 5.92. The van der Waals surface area contributed by atoms with Gasteiger partial charge < -0.3 is 10.1 Å². The number of ether oxygens (including phenoxy) is 1. The molecule has 0 fully saturated rings. The smallest absolute Gasteiger partial charge is 0.168 e. The quantitative estimate of drug-likeness (QED) is 0.789. The first-order chi connectivity index (χ1) is 9.20. The molecular formula is C11H16ClN5OS. The summed E-state index contributed by atoms with van der Waals surface area (Å²) in [5, 5.41) is 15.1. The Kier molecular flexibility index (Phi) is 5.26. The second-order valence-electron chi connectivity index (χ2n) is 4.07. The molecule has 0 aliphatic rings. The SMILES string of the molecule is COCCNC(C)c1nnnn1Cc1ccc(Cl)s1. The Morgan fingerprint density at radius 3 is 3.05 bits per heavy atom. The molecule has 1 unspecified atom stereocenters. The molecule has 0 bridgehead atoms. The van der Waals surface area contributed by atoms with E-state index in [2.05, 4.69) is 20.8 Å². The van der Waals surface area contributed by atoms with Crippen molar-refractivity contribution in [1.82, 2.24) is 25.5 Å². The molecule has 19 heavy (non-hydrogen) atoms. The van der Waals surface area contributed by atoms with Gasteiger partial charge in [0.15, 0.2) is 5.82 Å². The van der Waals surface area contributed by atoms with Gasteiger partial charge in [0, 0.05) is 18.5 Å². The minimum Gasteiger partial charge on any atom is -0.383 e. The molecule has 0 spiro atoms. The maximum atomic E-state index is 5.92. The monoisotopic (exact) mass is 301 g/mol. The van der Waals surface area contributed by atoms with Gasteiger partial charge in [-0.2, -0.15) is 0 Å². The number of hydrogen-bond acceptors (Lipinski definition) is 6. The summed E-state index contributed by atoms with van der Waals surface area (Å²) in [5.74, 6) is 0.806. The topological polar surface area (TPSA) is 64.9 Å². The van der Waals surface area contributed by atoms with Crippen molar-refractivity contribution in [3.8, 4) is 0 Å². The van der Waals surface area contributed by atoms with Crippen LogP contribution in [0.1, 0.15) is 23.7 Å². The summed E-state index contributed by atoms with van der Waals surface area (Å²) in [5.41, 5.74) is 0. The Morgan fingerprint density at radius 2 is 2.37 bits per heavy atom. The van der Waals surface area contributed by atoms with Gasteiger partial charge in [-0.25, -0.2) is 4.68 Å². The average Bonchev–Trinajstić information content (AvgIpc) is 2.99. The van der Waals surface area contributed by atoms with E-state index in [-0.39, 0.29) is 6.04 Å². The summed E-state index contributed by atoms with van der Waals surface area (Å²) < 4.78 is 7.56. The number of thiophene rings is 1. The van der Waals surface area contributed by atoms with Crippen molar-refractivity contribution in [2.24, 2.45) is 0 Å². The van der Waals surface area contributed by atoms with Gasteiger partial charge in [0.25, 0.3) is 0 Å². The first kappa shape index (κ1) is 14.4. The molecule has 0 aromatic carbocycles. The Hall–Kier alpha value is -1.02. The fourth-order valence-corrected chi connectivity index (χ4v) is 2.76. The largest absolute Gasteiger partial charge is 0.383 e. The highest BCUT2D eigenvalue weighted by molar-refractivity contribution is 7.16. The molecule has 2 aromatic rings.